The summed E-state index contributed by atoms with van der Waals surface area (Å²) in [5.74, 6) is 0.397. The van der Waals surface area contributed by atoms with E-state index in [9.17, 15) is 8.42 Å². The first-order valence-corrected chi connectivity index (χ1v) is 9.86. The third-order valence-corrected chi connectivity index (χ3v) is 7.22. The second-order valence-electron chi connectivity index (χ2n) is 5.52. The van der Waals surface area contributed by atoms with Crippen molar-refractivity contribution in [2.45, 2.75) is 50.5 Å². The Hall–Kier alpha value is 0.0900. The molecule has 3 nitrogen and oxygen atoms in total. The zero-order valence-electron chi connectivity index (χ0n) is 11.6. The average Bonchev–Trinajstić information content (AvgIpc) is 2.36. The van der Waals surface area contributed by atoms with Crippen LogP contribution < -0.4 is 4.72 Å². The Balaban J connectivity index is 2.28. The molecule has 1 N–H and O–H groups in total. The van der Waals surface area contributed by atoms with Gasteiger partial charge < -0.3 is 0 Å². The topological polar surface area (TPSA) is 46.2 Å². The molecule has 1 aromatic rings. The van der Waals surface area contributed by atoms with E-state index < -0.39 is 10.0 Å². The van der Waals surface area contributed by atoms with Crippen LogP contribution >= 0.6 is 31.9 Å². The third kappa shape index (κ3) is 3.64. The number of halogens is 2. The molecule has 1 aliphatic rings. The second-order valence-corrected chi connectivity index (χ2v) is 8.91. The zero-order valence-corrected chi connectivity index (χ0v) is 15.6. The van der Waals surface area contributed by atoms with Gasteiger partial charge in [-0.25, -0.2) is 13.1 Å². The van der Waals surface area contributed by atoms with Gasteiger partial charge in [-0.05, 0) is 59.3 Å². The number of aryl methyl sites for hydroxylation is 1. The van der Waals surface area contributed by atoms with Gasteiger partial charge in [0.25, 0.3) is 0 Å². The molecule has 0 radical (unpaired) electrons. The lowest BCUT2D eigenvalue weighted by Gasteiger charge is -2.29. The molecule has 112 valence electrons. The van der Waals surface area contributed by atoms with Crippen LogP contribution in [0.4, 0.5) is 0 Å². The summed E-state index contributed by atoms with van der Waals surface area (Å²) >= 11 is 6.76. The smallest absolute Gasteiger partial charge is 0.208 e. The highest BCUT2D eigenvalue weighted by Crippen LogP contribution is 2.30. The first-order valence-electron chi connectivity index (χ1n) is 6.79. The van der Waals surface area contributed by atoms with Gasteiger partial charge in [0, 0.05) is 15.0 Å². The summed E-state index contributed by atoms with van der Waals surface area (Å²) in [5, 5.41) is 0. The third-order valence-electron chi connectivity index (χ3n) is 3.92. The van der Waals surface area contributed by atoms with Gasteiger partial charge in [-0.2, -0.15) is 0 Å². The lowest BCUT2D eigenvalue weighted by molar-refractivity contribution is 0.310. The average molecular weight is 425 g/mol. The van der Waals surface area contributed by atoms with Crippen molar-refractivity contribution in [2.24, 2.45) is 5.92 Å². The highest BCUT2D eigenvalue weighted by molar-refractivity contribution is 9.11. The van der Waals surface area contributed by atoms with Crippen LogP contribution in [0.3, 0.4) is 0 Å². The van der Waals surface area contributed by atoms with E-state index in [0.717, 1.165) is 29.3 Å². The molecular weight excluding hydrogens is 406 g/mol. The summed E-state index contributed by atoms with van der Waals surface area (Å²) in [7, 11) is -3.48. The van der Waals surface area contributed by atoms with Crippen LogP contribution in [-0.2, 0) is 10.0 Å². The molecule has 6 heteroatoms. The molecule has 0 unspecified atom stereocenters. The van der Waals surface area contributed by atoms with Crippen molar-refractivity contribution >= 4 is 41.9 Å². The maximum atomic E-state index is 12.6. The van der Waals surface area contributed by atoms with Crippen LogP contribution in [0.1, 0.15) is 38.2 Å². The predicted molar refractivity (Wildman–Crippen MR) is 88.3 cm³/mol. The Labute approximate surface area is 137 Å². The Bertz CT molecular complexity index is 601. The molecule has 0 amide bonds. The van der Waals surface area contributed by atoms with Crippen molar-refractivity contribution in [3.63, 3.8) is 0 Å². The van der Waals surface area contributed by atoms with Crippen molar-refractivity contribution < 1.29 is 8.42 Å². The van der Waals surface area contributed by atoms with Crippen LogP contribution in [0, 0.1) is 12.8 Å². The molecule has 0 saturated heterocycles. The van der Waals surface area contributed by atoms with Gasteiger partial charge in [-0.3, -0.25) is 0 Å². The molecule has 1 saturated carbocycles. The van der Waals surface area contributed by atoms with Crippen molar-refractivity contribution in [1.82, 2.24) is 4.72 Å². The van der Waals surface area contributed by atoms with Gasteiger partial charge in [0.05, 0.1) is 4.90 Å². The highest BCUT2D eigenvalue weighted by Gasteiger charge is 2.28. The van der Waals surface area contributed by atoms with Gasteiger partial charge in [-0.1, -0.05) is 35.7 Å². The first-order chi connectivity index (χ1) is 9.31. The van der Waals surface area contributed by atoms with Crippen molar-refractivity contribution in [3.05, 3.63) is 26.6 Å². The van der Waals surface area contributed by atoms with Crippen molar-refractivity contribution in [3.8, 4) is 0 Å². The van der Waals surface area contributed by atoms with E-state index in [1.807, 2.05) is 6.92 Å². The van der Waals surface area contributed by atoms with E-state index in [4.69, 9.17) is 0 Å². The quantitative estimate of drug-likeness (QED) is 0.782. The normalized spacial score (nSPS) is 23.8. The summed E-state index contributed by atoms with van der Waals surface area (Å²) in [6, 6.07) is 3.53. The van der Waals surface area contributed by atoms with Gasteiger partial charge >= 0.3 is 0 Å². The lowest BCUT2D eigenvalue weighted by atomic mass is 9.87. The minimum atomic E-state index is -3.48. The van der Waals surface area contributed by atoms with Crippen molar-refractivity contribution in [2.75, 3.05) is 0 Å². The first kappa shape index (κ1) is 16.5. The van der Waals surface area contributed by atoms with E-state index in [2.05, 4.69) is 43.5 Å². The lowest BCUT2D eigenvalue weighted by Crippen LogP contribution is -2.41. The summed E-state index contributed by atoms with van der Waals surface area (Å²) in [4.78, 5) is 0.316. The van der Waals surface area contributed by atoms with Gasteiger partial charge in [0.15, 0.2) is 0 Å². The van der Waals surface area contributed by atoms with Crippen LogP contribution in [0.2, 0.25) is 0 Å². The van der Waals surface area contributed by atoms with Gasteiger partial charge in [-0.15, -0.1) is 0 Å². The van der Waals surface area contributed by atoms with Crippen LogP contribution in [0.25, 0.3) is 0 Å². The van der Waals surface area contributed by atoms with E-state index in [0.29, 0.717) is 15.3 Å². The molecule has 20 heavy (non-hydrogen) atoms. The Morgan fingerprint density at radius 1 is 1.15 bits per heavy atom. The minimum absolute atomic E-state index is 0.0459. The second kappa shape index (κ2) is 6.46. The van der Waals surface area contributed by atoms with Crippen LogP contribution in [0.15, 0.2) is 26.0 Å². The van der Waals surface area contributed by atoms with Gasteiger partial charge in [0.2, 0.25) is 10.0 Å². The molecule has 2 atom stereocenters. The molecule has 1 aromatic carbocycles. The monoisotopic (exact) mass is 423 g/mol. The molecule has 0 bridgehead atoms. The number of hydrogen-bond donors (Lipinski definition) is 1. The Kier molecular flexibility index (Phi) is 5.32. The molecule has 0 heterocycles. The summed E-state index contributed by atoms with van der Waals surface area (Å²) in [6.45, 7) is 4.01. The molecule has 0 spiro atoms. The summed E-state index contributed by atoms with van der Waals surface area (Å²) < 4.78 is 29.5. The summed E-state index contributed by atoms with van der Waals surface area (Å²) in [6.07, 6.45) is 4.31. The fraction of sp³-hybridized carbons (Fsp3) is 0.571. The molecule has 2 rings (SSSR count). The standard InChI is InChI=1S/C14H19Br2NO2S/c1-9-5-3-4-6-13(9)17-20(18,19)14-7-10(2)11(15)8-12(14)16/h7-9,13,17H,3-6H2,1-2H3/t9-,13-/m0/s1. The van der Waals surface area contributed by atoms with Gasteiger partial charge in [0.1, 0.15) is 0 Å². The number of hydrogen-bond acceptors (Lipinski definition) is 2. The SMILES string of the molecule is Cc1cc(S(=O)(=O)N[C@H]2CCCC[C@@H]2C)c(Br)cc1Br. The van der Waals surface area contributed by atoms with E-state index in [-0.39, 0.29) is 6.04 Å². The minimum Gasteiger partial charge on any atom is -0.208 e. The Morgan fingerprint density at radius 3 is 2.45 bits per heavy atom. The molecule has 1 aliphatic carbocycles. The highest BCUT2D eigenvalue weighted by atomic mass is 79.9. The molecule has 0 aromatic heterocycles. The zero-order chi connectivity index (χ0) is 14.9. The summed E-state index contributed by atoms with van der Waals surface area (Å²) in [5.41, 5.74) is 0.908. The maximum absolute atomic E-state index is 12.6. The van der Waals surface area contributed by atoms with E-state index >= 15 is 0 Å². The van der Waals surface area contributed by atoms with E-state index in [1.54, 1.807) is 12.1 Å². The number of rotatable bonds is 3. The fourth-order valence-corrected chi connectivity index (χ4v) is 5.75. The molecular formula is C14H19Br2NO2S. The maximum Gasteiger partial charge on any atom is 0.241 e. The largest absolute Gasteiger partial charge is 0.241 e. The fourth-order valence-electron chi connectivity index (χ4n) is 2.59. The predicted octanol–water partition coefficient (Wildman–Crippen LogP) is 4.38. The van der Waals surface area contributed by atoms with Crippen LogP contribution in [-0.4, -0.2) is 14.5 Å². The number of sulfonamides is 1. The molecule has 1 fully saturated rings. The van der Waals surface area contributed by atoms with Crippen molar-refractivity contribution in [1.29, 1.82) is 0 Å². The number of benzene rings is 1. The number of nitrogens with one attached hydrogen (secondary N) is 1. The Morgan fingerprint density at radius 2 is 1.80 bits per heavy atom. The van der Waals surface area contributed by atoms with E-state index in [1.165, 1.54) is 6.42 Å². The molecule has 0 aliphatic heterocycles. The van der Waals surface area contributed by atoms with Crippen LogP contribution in [0.5, 0.6) is 0 Å².